The lowest BCUT2D eigenvalue weighted by molar-refractivity contribution is -0.0165. The molecule has 1 N–H and O–H groups in total. The zero-order chi connectivity index (χ0) is 17.6. The van der Waals surface area contributed by atoms with Crippen molar-refractivity contribution in [3.8, 4) is 0 Å². The molecule has 4 bridgehead atoms. The van der Waals surface area contributed by atoms with Crippen molar-refractivity contribution in [1.29, 1.82) is 0 Å². The van der Waals surface area contributed by atoms with E-state index in [9.17, 15) is 4.79 Å². The lowest BCUT2D eigenvalue weighted by Gasteiger charge is -2.57. The van der Waals surface area contributed by atoms with Gasteiger partial charge in [-0.2, -0.15) is 0 Å². The van der Waals surface area contributed by atoms with Crippen LogP contribution in [0, 0.1) is 17.8 Å². The van der Waals surface area contributed by atoms with Gasteiger partial charge < -0.3 is 10.2 Å². The summed E-state index contributed by atoms with van der Waals surface area (Å²) in [5, 5.41) is 3.53. The molecule has 5 aliphatic rings. The first-order valence-corrected chi connectivity index (χ1v) is 10.5. The van der Waals surface area contributed by atoms with Crippen molar-refractivity contribution >= 4 is 6.03 Å². The van der Waals surface area contributed by atoms with Crippen LogP contribution in [0.15, 0.2) is 30.3 Å². The van der Waals surface area contributed by atoms with Crippen LogP contribution in [-0.2, 0) is 6.54 Å². The zero-order valence-electron chi connectivity index (χ0n) is 15.7. The first-order chi connectivity index (χ1) is 12.7. The summed E-state index contributed by atoms with van der Waals surface area (Å²) in [6, 6.07) is 10.8. The molecule has 0 atom stereocenters. The van der Waals surface area contributed by atoms with E-state index in [-0.39, 0.29) is 11.6 Å². The largest absolute Gasteiger partial charge is 0.333 e. The number of benzene rings is 1. The number of rotatable bonds is 3. The monoisotopic (exact) mass is 353 g/mol. The Labute approximate surface area is 156 Å². The van der Waals surface area contributed by atoms with Crippen LogP contribution in [-0.4, -0.2) is 47.5 Å². The van der Waals surface area contributed by atoms with Gasteiger partial charge in [-0.1, -0.05) is 30.3 Å². The first kappa shape index (κ1) is 16.6. The van der Waals surface area contributed by atoms with Gasteiger partial charge in [-0.15, -0.1) is 0 Å². The summed E-state index contributed by atoms with van der Waals surface area (Å²) in [4.78, 5) is 17.5. The van der Waals surface area contributed by atoms with Gasteiger partial charge >= 0.3 is 6.03 Å². The smallest absolute Gasteiger partial charge is 0.317 e. The maximum atomic E-state index is 12.9. The average Bonchev–Trinajstić information content (AvgIpc) is 2.61. The van der Waals surface area contributed by atoms with Crippen molar-refractivity contribution in [3.05, 3.63) is 35.9 Å². The summed E-state index contributed by atoms with van der Waals surface area (Å²) in [6.45, 7) is 4.65. The van der Waals surface area contributed by atoms with Gasteiger partial charge in [0.2, 0.25) is 0 Å². The molecule has 0 radical (unpaired) electrons. The molecule has 140 valence electrons. The van der Waals surface area contributed by atoms with Gasteiger partial charge in [0, 0.05) is 38.3 Å². The van der Waals surface area contributed by atoms with E-state index in [1.807, 2.05) is 0 Å². The molecule has 0 unspecified atom stereocenters. The number of carbonyl (C=O) groups is 1. The van der Waals surface area contributed by atoms with Crippen molar-refractivity contribution in [1.82, 2.24) is 15.1 Å². The Morgan fingerprint density at radius 3 is 2.08 bits per heavy atom. The second-order valence-electron chi connectivity index (χ2n) is 9.38. The Balaban J connectivity index is 1.15. The molecule has 0 aromatic heterocycles. The van der Waals surface area contributed by atoms with Crippen LogP contribution < -0.4 is 5.32 Å². The number of hydrogen-bond donors (Lipinski definition) is 1. The van der Waals surface area contributed by atoms with Gasteiger partial charge in [0.25, 0.3) is 0 Å². The van der Waals surface area contributed by atoms with Crippen molar-refractivity contribution in [2.75, 3.05) is 26.2 Å². The molecule has 1 aliphatic heterocycles. The average molecular weight is 354 g/mol. The minimum absolute atomic E-state index is 0.132. The molecule has 4 saturated carbocycles. The van der Waals surface area contributed by atoms with Gasteiger partial charge in [0.1, 0.15) is 0 Å². The van der Waals surface area contributed by atoms with E-state index in [2.05, 4.69) is 45.4 Å². The fourth-order valence-electron chi connectivity index (χ4n) is 6.52. The van der Waals surface area contributed by atoms with Crippen LogP contribution in [0.5, 0.6) is 0 Å². The maximum absolute atomic E-state index is 12.9. The molecular weight excluding hydrogens is 322 g/mol. The van der Waals surface area contributed by atoms with Crippen LogP contribution in [0.4, 0.5) is 4.79 Å². The molecule has 26 heavy (non-hydrogen) atoms. The van der Waals surface area contributed by atoms with Crippen LogP contribution in [0.3, 0.4) is 0 Å². The fourth-order valence-corrected chi connectivity index (χ4v) is 6.52. The SMILES string of the molecule is O=C(NC12CC3CC(CC(C3)C1)C2)N1CCN(Cc2ccccc2)CC1. The summed E-state index contributed by atoms with van der Waals surface area (Å²) in [5.74, 6) is 2.64. The standard InChI is InChI=1S/C22H31N3O/c26-21(23-22-13-18-10-19(14-22)12-20(11-18)15-22)25-8-6-24(7-9-25)16-17-4-2-1-3-5-17/h1-5,18-20H,6-16H2,(H,23,26). The van der Waals surface area contributed by atoms with Gasteiger partial charge in [-0.05, 0) is 61.8 Å². The predicted octanol–water partition coefficient (Wildman–Crippen LogP) is 3.48. The molecule has 1 heterocycles. The third-order valence-electron chi connectivity index (χ3n) is 7.32. The van der Waals surface area contributed by atoms with E-state index in [4.69, 9.17) is 0 Å². The lowest BCUT2D eigenvalue weighted by Crippen LogP contribution is -2.63. The van der Waals surface area contributed by atoms with Crippen LogP contribution in [0.1, 0.15) is 44.1 Å². The van der Waals surface area contributed by atoms with E-state index < -0.39 is 0 Å². The minimum Gasteiger partial charge on any atom is -0.333 e. The number of amides is 2. The number of hydrogen-bond acceptors (Lipinski definition) is 2. The molecule has 4 aliphatic carbocycles. The second-order valence-corrected chi connectivity index (χ2v) is 9.38. The highest BCUT2D eigenvalue weighted by molar-refractivity contribution is 5.75. The predicted molar refractivity (Wildman–Crippen MR) is 103 cm³/mol. The van der Waals surface area contributed by atoms with Crippen LogP contribution in [0.2, 0.25) is 0 Å². The number of urea groups is 1. The maximum Gasteiger partial charge on any atom is 0.317 e. The second kappa shape index (κ2) is 6.56. The normalized spacial score (nSPS) is 36.3. The summed E-state index contributed by atoms with van der Waals surface area (Å²) >= 11 is 0. The lowest BCUT2D eigenvalue weighted by atomic mass is 9.53. The van der Waals surface area contributed by atoms with Gasteiger partial charge in [0.15, 0.2) is 0 Å². The number of piperazine rings is 1. The Morgan fingerprint density at radius 2 is 1.50 bits per heavy atom. The van der Waals surface area contributed by atoms with Crippen LogP contribution in [0.25, 0.3) is 0 Å². The number of carbonyl (C=O) groups excluding carboxylic acids is 1. The molecule has 4 heteroatoms. The Hall–Kier alpha value is -1.55. The number of nitrogens with one attached hydrogen (secondary N) is 1. The highest BCUT2D eigenvalue weighted by Crippen LogP contribution is 2.55. The molecular formula is C22H31N3O. The molecule has 2 amide bonds. The minimum atomic E-state index is 0.132. The summed E-state index contributed by atoms with van der Waals surface area (Å²) < 4.78 is 0. The van der Waals surface area contributed by atoms with Gasteiger partial charge in [-0.3, -0.25) is 4.90 Å². The van der Waals surface area contributed by atoms with E-state index in [1.165, 1.54) is 44.1 Å². The Bertz CT molecular complexity index is 615. The summed E-state index contributed by atoms with van der Waals surface area (Å²) in [5.41, 5.74) is 1.49. The molecule has 1 saturated heterocycles. The highest BCUT2D eigenvalue weighted by Gasteiger charge is 2.51. The third-order valence-corrected chi connectivity index (χ3v) is 7.32. The third kappa shape index (κ3) is 3.24. The molecule has 4 nitrogen and oxygen atoms in total. The summed E-state index contributed by atoms with van der Waals surface area (Å²) in [7, 11) is 0. The van der Waals surface area contributed by atoms with Crippen molar-refractivity contribution in [2.24, 2.45) is 17.8 Å². The topological polar surface area (TPSA) is 35.6 Å². The van der Waals surface area contributed by atoms with E-state index in [1.54, 1.807) is 0 Å². The zero-order valence-corrected chi connectivity index (χ0v) is 15.7. The molecule has 5 fully saturated rings. The van der Waals surface area contributed by atoms with Crippen LogP contribution >= 0.6 is 0 Å². The Morgan fingerprint density at radius 1 is 0.923 bits per heavy atom. The number of nitrogens with zero attached hydrogens (tertiary/aromatic N) is 2. The van der Waals surface area contributed by atoms with E-state index in [0.29, 0.717) is 0 Å². The summed E-state index contributed by atoms with van der Waals surface area (Å²) in [6.07, 6.45) is 7.98. The van der Waals surface area contributed by atoms with Crippen molar-refractivity contribution < 1.29 is 4.79 Å². The fraction of sp³-hybridized carbons (Fsp3) is 0.682. The Kier molecular flexibility index (Phi) is 4.19. The quantitative estimate of drug-likeness (QED) is 0.903. The van der Waals surface area contributed by atoms with E-state index in [0.717, 1.165) is 50.5 Å². The highest BCUT2D eigenvalue weighted by atomic mass is 16.2. The molecule has 6 rings (SSSR count). The van der Waals surface area contributed by atoms with Crippen molar-refractivity contribution in [3.63, 3.8) is 0 Å². The molecule has 1 aromatic carbocycles. The van der Waals surface area contributed by atoms with Crippen molar-refractivity contribution in [2.45, 2.75) is 50.6 Å². The first-order valence-electron chi connectivity index (χ1n) is 10.5. The van der Waals surface area contributed by atoms with E-state index >= 15 is 0 Å². The van der Waals surface area contributed by atoms with Gasteiger partial charge in [-0.25, -0.2) is 4.79 Å². The molecule has 0 spiro atoms. The van der Waals surface area contributed by atoms with Gasteiger partial charge in [0.05, 0.1) is 0 Å². The molecule has 1 aromatic rings.